The maximum absolute atomic E-state index is 12.2. The maximum atomic E-state index is 12.2. The highest BCUT2D eigenvalue weighted by Crippen LogP contribution is 2.34. The third kappa shape index (κ3) is 3.41. The van der Waals surface area contributed by atoms with Gasteiger partial charge in [-0.1, -0.05) is 41.4 Å². The van der Waals surface area contributed by atoms with Gasteiger partial charge >= 0.3 is 0 Å². The molecule has 0 saturated heterocycles. The summed E-state index contributed by atoms with van der Waals surface area (Å²) in [7, 11) is 0. The Balaban J connectivity index is 1.93. The van der Waals surface area contributed by atoms with Gasteiger partial charge in [0.05, 0.1) is 0 Å². The van der Waals surface area contributed by atoms with Gasteiger partial charge in [0.25, 0.3) is 0 Å². The normalized spacial score (nSPS) is 23.9. The Hall–Kier alpha value is -0.630. The van der Waals surface area contributed by atoms with Crippen LogP contribution in [-0.4, -0.2) is 5.78 Å². The Labute approximate surface area is 112 Å². The highest BCUT2D eigenvalue weighted by molar-refractivity contribution is 9.10. The molecule has 0 heterocycles. The first-order chi connectivity index (χ1) is 8.19. The van der Waals surface area contributed by atoms with Crippen LogP contribution in [0.1, 0.15) is 38.2 Å². The molecule has 2 heteroatoms. The molecule has 0 radical (unpaired) electrons. The van der Waals surface area contributed by atoms with Crippen molar-refractivity contribution in [2.75, 3.05) is 0 Å². The molecule has 0 spiro atoms. The van der Waals surface area contributed by atoms with Gasteiger partial charge in [0.15, 0.2) is 0 Å². The molecule has 1 aromatic carbocycles. The van der Waals surface area contributed by atoms with Gasteiger partial charge in [-0.2, -0.15) is 0 Å². The summed E-state index contributed by atoms with van der Waals surface area (Å²) in [4.78, 5) is 12.2. The van der Waals surface area contributed by atoms with Crippen molar-refractivity contribution in [3.05, 3.63) is 34.3 Å². The Morgan fingerprint density at radius 3 is 2.88 bits per heavy atom. The van der Waals surface area contributed by atoms with Gasteiger partial charge in [0, 0.05) is 16.8 Å². The summed E-state index contributed by atoms with van der Waals surface area (Å²) in [5.74, 6) is 1.53. The molecular weight excluding hydrogens is 276 g/mol. The van der Waals surface area contributed by atoms with Gasteiger partial charge in [0.1, 0.15) is 5.78 Å². The minimum Gasteiger partial charge on any atom is -0.299 e. The van der Waals surface area contributed by atoms with Crippen molar-refractivity contribution >= 4 is 21.7 Å². The quantitative estimate of drug-likeness (QED) is 0.805. The van der Waals surface area contributed by atoms with Crippen molar-refractivity contribution in [2.45, 2.75) is 39.0 Å². The molecule has 92 valence electrons. The van der Waals surface area contributed by atoms with Gasteiger partial charge in [-0.15, -0.1) is 0 Å². The molecule has 1 fully saturated rings. The van der Waals surface area contributed by atoms with Gasteiger partial charge < -0.3 is 0 Å². The maximum Gasteiger partial charge on any atom is 0.140 e. The molecule has 1 aliphatic carbocycles. The first-order valence-electron chi connectivity index (χ1n) is 6.46. The summed E-state index contributed by atoms with van der Waals surface area (Å²) in [6.07, 6.45) is 5.28. The average molecular weight is 295 g/mol. The van der Waals surface area contributed by atoms with E-state index in [1.54, 1.807) is 0 Å². The van der Waals surface area contributed by atoms with Crippen LogP contribution < -0.4 is 0 Å². The average Bonchev–Trinajstić information content (AvgIpc) is 2.77. The molecule has 17 heavy (non-hydrogen) atoms. The second-order valence-corrected chi connectivity index (χ2v) is 5.97. The highest BCUT2D eigenvalue weighted by Gasteiger charge is 2.28. The van der Waals surface area contributed by atoms with Crippen molar-refractivity contribution in [3.63, 3.8) is 0 Å². The van der Waals surface area contributed by atoms with Gasteiger partial charge in [-0.05, 0) is 42.9 Å². The van der Waals surface area contributed by atoms with Crippen molar-refractivity contribution in [1.29, 1.82) is 0 Å². The molecule has 2 rings (SSSR count). The van der Waals surface area contributed by atoms with Crippen LogP contribution in [0.4, 0.5) is 0 Å². The molecule has 2 unspecified atom stereocenters. The Morgan fingerprint density at radius 2 is 2.24 bits per heavy atom. The summed E-state index contributed by atoms with van der Waals surface area (Å²) in [5, 5.41) is 0. The standard InChI is InChI=1S/C15H19BrO/c1-2-11-6-7-13(8-11)15(17)10-12-4-3-5-14(16)9-12/h3-5,9,11,13H,2,6-8,10H2,1H3. The van der Waals surface area contributed by atoms with Crippen molar-refractivity contribution in [3.8, 4) is 0 Å². The zero-order valence-electron chi connectivity index (χ0n) is 10.3. The lowest BCUT2D eigenvalue weighted by atomic mass is 9.95. The van der Waals surface area contributed by atoms with E-state index in [2.05, 4.69) is 22.9 Å². The first-order valence-corrected chi connectivity index (χ1v) is 7.25. The molecule has 0 amide bonds. The van der Waals surface area contributed by atoms with E-state index in [9.17, 15) is 4.79 Å². The first kappa shape index (κ1) is 12.8. The summed E-state index contributed by atoms with van der Waals surface area (Å²) in [6.45, 7) is 2.23. The molecule has 1 saturated carbocycles. The number of benzene rings is 1. The van der Waals surface area contributed by atoms with Gasteiger partial charge in [-0.25, -0.2) is 0 Å². The fourth-order valence-electron chi connectivity index (χ4n) is 2.73. The SMILES string of the molecule is CCC1CCC(C(=O)Cc2cccc(Br)c2)C1. The van der Waals surface area contributed by atoms with Crippen LogP contribution in [0.3, 0.4) is 0 Å². The smallest absolute Gasteiger partial charge is 0.140 e. The van der Waals surface area contributed by atoms with Crippen molar-refractivity contribution < 1.29 is 4.79 Å². The molecule has 0 N–H and O–H groups in total. The molecular formula is C15H19BrO. The van der Waals surface area contributed by atoms with E-state index in [1.165, 1.54) is 12.8 Å². The molecule has 1 nitrogen and oxygen atoms in total. The van der Waals surface area contributed by atoms with E-state index in [0.29, 0.717) is 18.1 Å². The van der Waals surface area contributed by atoms with E-state index in [0.717, 1.165) is 28.8 Å². The van der Waals surface area contributed by atoms with Gasteiger partial charge in [0.2, 0.25) is 0 Å². The lowest BCUT2D eigenvalue weighted by Gasteiger charge is -2.09. The second kappa shape index (κ2) is 5.81. The van der Waals surface area contributed by atoms with E-state index in [4.69, 9.17) is 0 Å². The van der Waals surface area contributed by atoms with E-state index in [-0.39, 0.29) is 0 Å². The highest BCUT2D eigenvalue weighted by atomic mass is 79.9. The van der Waals surface area contributed by atoms with Crippen LogP contribution >= 0.6 is 15.9 Å². The topological polar surface area (TPSA) is 17.1 Å². The molecule has 2 atom stereocenters. The molecule has 0 aliphatic heterocycles. The minimum absolute atomic E-state index is 0.318. The van der Waals surface area contributed by atoms with Crippen LogP contribution in [0.15, 0.2) is 28.7 Å². The summed E-state index contributed by atoms with van der Waals surface area (Å²) in [5.41, 5.74) is 1.13. The molecule has 0 bridgehead atoms. The number of halogens is 1. The zero-order valence-corrected chi connectivity index (χ0v) is 11.9. The van der Waals surface area contributed by atoms with Crippen LogP contribution in [-0.2, 0) is 11.2 Å². The van der Waals surface area contributed by atoms with E-state index in [1.807, 2.05) is 24.3 Å². The third-order valence-corrected chi connectivity index (χ3v) is 4.33. The summed E-state index contributed by atoms with van der Waals surface area (Å²) >= 11 is 3.45. The number of hydrogen-bond acceptors (Lipinski definition) is 1. The molecule has 0 aromatic heterocycles. The zero-order chi connectivity index (χ0) is 12.3. The number of Topliss-reactive ketones (excluding diaryl/α,β-unsaturated/α-hetero) is 1. The Morgan fingerprint density at radius 1 is 1.41 bits per heavy atom. The predicted molar refractivity (Wildman–Crippen MR) is 74.0 cm³/mol. The van der Waals surface area contributed by atoms with E-state index >= 15 is 0 Å². The number of rotatable bonds is 4. The fraction of sp³-hybridized carbons (Fsp3) is 0.533. The van der Waals surface area contributed by atoms with Crippen LogP contribution in [0.5, 0.6) is 0 Å². The lowest BCUT2D eigenvalue weighted by Crippen LogP contribution is -2.14. The number of hydrogen-bond donors (Lipinski definition) is 0. The number of ketones is 1. The molecule has 1 aromatic rings. The summed E-state index contributed by atoms with van der Waals surface area (Å²) in [6, 6.07) is 8.08. The minimum atomic E-state index is 0.318. The summed E-state index contributed by atoms with van der Waals surface area (Å²) < 4.78 is 1.06. The Kier molecular flexibility index (Phi) is 4.38. The number of carbonyl (C=O) groups excluding carboxylic acids is 1. The monoisotopic (exact) mass is 294 g/mol. The van der Waals surface area contributed by atoms with E-state index < -0.39 is 0 Å². The molecule has 1 aliphatic rings. The van der Waals surface area contributed by atoms with Crippen LogP contribution in [0.2, 0.25) is 0 Å². The number of carbonyl (C=O) groups is 1. The predicted octanol–water partition coefficient (Wildman–Crippen LogP) is 4.39. The van der Waals surface area contributed by atoms with Crippen LogP contribution in [0, 0.1) is 11.8 Å². The second-order valence-electron chi connectivity index (χ2n) is 5.06. The lowest BCUT2D eigenvalue weighted by molar-refractivity contribution is -0.122. The van der Waals surface area contributed by atoms with Gasteiger partial charge in [-0.3, -0.25) is 4.79 Å². The fourth-order valence-corrected chi connectivity index (χ4v) is 3.18. The van der Waals surface area contributed by atoms with Crippen LogP contribution in [0.25, 0.3) is 0 Å². The third-order valence-electron chi connectivity index (χ3n) is 3.84. The van der Waals surface area contributed by atoms with Crippen molar-refractivity contribution in [2.24, 2.45) is 11.8 Å². The Bertz CT molecular complexity index is 400. The van der Waals surface area contributed by atoms with Crippen molar-refractivity contribution in [1.82, 2.24) is 0 Å². The largest absolute Gasteiger partial charge is 0.299 e.